The largest absolute Gasteiger partial charge is 0.310 e. The Morgan fingerprint density at radius 1 is 0.286 bits per heavy atom. The Morgan fingerprint density at radius 3 is 1.52 bits per heavy atom. The van der Waals surface area contributed by atoms with Crippen molar-refractivity contribution in [1.82, 2.24) is 9.97 Å². The number of nitrogens with zero attached hydrogens (tertiary/aromatic N) is 4. The maximum absolute atomic E-state index is 4.31. The minimum atomic E-state index is 1.04. The molecule has 0 N–H and O–H groups in total. The van der Waals surface area contributed by atoms with Crippen molar-refractivity contribution in [2.24, 2.45) is 0 Å². The van der Waals surface area contributed by atoms with Crippen molar-refractivity contribution >= 4 is 88.0 Å². The highest BCUT2D eigenvalue weighted by Crippen LogP contribution is 2.48. The zero-order valence-corrected chi connectivity index (χ0v) is 30.4. The van der Waals surface area contributed by atoms with Gasteiger partial charge in [-0.05, 0) is 115 Å². The van der Waals surface area contributed by atoms with Gasteiger partial charge < -0.3 is 9.80 Å². The van der Waals surface area contributed by atoms with Crippen molar-refractivity contribution in [3.63, 3.8) is 0 Å². The molecule has 262 valence electrons. The number of fused-ring (bicyclic) bond motifs is 2. The fourth-order valence-corrected chi connectivity index (χ4v) is 8.66. The Hall–Kier alpha value is -7.56. The molecule has 2 heterocycles. The molecule has 2 aromatic heterocycles. The highest BCUT2D eigenvalue weighted by Gasteiger charge is 2.22. The SMILES string of the molecule is c1ccc(N(c2ccc3ccccc3c2)c2ccc3ccc4c(-c5ccc(N(c6ccncc6)c6ccncc6)c6ccccc56)ccc5ccc2c3c54)cc1. The Labute approximate surface area is 324 Å². The fourth-order valence-electron chi connectivity index (χ4n) is 8.66. The van der Waals surface area contributed by atoms with E-state index in [1.54, 1.807) is 0 Å². The van der Waals surface area contributed by atoms with Crippen LogP contribution in [0, 0.1) is 0 Å². The average molecular weight is 715 g/mol. The van der Waals surface area contributed by atoms with Crippen LogP contribution in [0.25, 0.3) is 65.0 Å². The molecule has 0 aliphatic heterocycles. The van der Waals surface area contributed by atoms with E-state index in [2.05, 4.69) is 202 Å². The molecule has 4 nitrogen and oxygen atoms in total. The van der Waals surface area contributed by atoms with Crippen molar-refractivity contribution in [1.29, 1.82) is 0 Å². The molecule has 0 atom stereocenters. The number of aromatic nitrogens is 2. The zero-order valence-electron chi connectivity index (χ0n) is 30.4. The highest BCUT2D eigenvalue weighted by molar-refractivity contribution is 6.28. The predicted octanol–water partition coefficient (Wildman–Crippen LogP) is 14.3. The van der Waals surface area contributed by atoms with Gasteiger partial charge in [0.2, 0.25) is 0 Å². The van der Waals surface area contributed by atoms with Crippen LogP contribution in [0.1, 0.15) is 0 Å². The number of rotatable bonds is 7. The zero-order chi connectivity index (χ0) is 37.0. The molecule has 0 spiro atoms. The molecule has 9 aromatic carbocycles. The summed E-state index contributed by atoms with van der Waals surface area (Å²) >= 11 is 0. The number of benzene rings is 9. The van der Waals surface area contributed by atoms with E-state index in [9.17, 15) is 0 Å². The lowest BCUT2D eigenvalue weighted by Crippen LogP contribution is -2.10. The molecule has 0 radical (unpaired) electrons. The summed E-state index contributed by atoms with van der Waals surface area (Å²) in [6.07, 6.45) is 7.38. The van der Waals surface area contributed by atoms with Gasteiger partial charge in [0, 0.05) is 58.3 Å². The lowest BCUT2D eigenvalue weighted by Gasteiger charge is -2.28. The van der Waals surface area contributed by atoms with Gasteiger partial charge >= 0.3 is 0 Å². The van der Waals surface area contributed by atoms with Gasteiger partial charge in [0.1, 0.15) is 0 Å². The molecule has 0 saturated carbocycles. The lowest BCUT2D eigenvalue weighted by molar-refractivity contribution is 1.23. The van der Waals surface area contributed by atoms with Gasteiger partial charge in [-0.3, -0.25) is 9.97 Å². The van der Waals surface area contributed by atoms with E-state index >= 15 is 0 Å². The molecule has 0 bridgehead atoms. The molecule has 11 aromatic rings. The Bertz CT molecular complexity index is 3160. The number of hydrogen-bond donors (Lipinski definition) is 0. The number of hydrogen-bond acceptors (Lipinski definition) is 4. The number of para-hydroxylation sites is 1. The second-order valence-electron chi connectivity index (χ2n) is 14.2. The van der Waals surface area contributed by atoms with Gasteiger partial charge in [-0.25, -0.2) is 0 Å². The van der Waals surface area contributed by atoms with Gasteiger partial charge in [0.25, 0.3) is 0 Å². The fraction of sp³-hybridized carbons (Fsp3) is 0. The van der Waals surface area contributed by atoms with Gasteiger partial charge in [-0.2, -0.15) is 0 Å². The first-order valence-electron chi connectivity index (χ1n) is 19.0. The van der Waals surface area contributed by atoms with E-state index in [0.29, 0.717) is 0 Å². The van der Waals surface area contributed by atoms with E-state index in [0.717, 1.165) is 34.1 Å². The molecule has 56 heavy (non-hydrogen) atoms. The second kappa shape index (κ2) is 13.1. The van der Waals surface area contributed by atoms with Crippen molar-refractivity contribution < 1.29 is 0 Å². The third-order valence-electron chi connectivity index (χ3n) is 11.2. The maximum Gasteiger partial charge on any atom is 0.0540 e. The van der Waals surface area contributed by atoms with Crippen molar-refractivity contribution in [2.45, 2.75) is 0 Å². The summed E-state index contributed by atoms with van der Waals surface area (Å²) in [7, 11) is 0. The van der Waals surface area contributed by atoms with Gasteiger partial charge in [0.15, 0.2) is 0 Å². The minimum Gasteiger partial charge on any atom is -0.310 e. The predicted molar refractivity (Wildman–Crippen MR) is 236 cm³/mol. The Balaban J connectivity index is 1.13. The summed E-state index contributed by atoms with van der Waals surface area (Å²) in [5, 5.41) is 12.3. The molecule has 0 saturated heterocycles. The highest BCUT2D eigenvalue weighted by atomic mass is 15.2. The van der Waals surface area contributed by atoms with Crippen LogP contribution in [0.2, 0.25) is 0 Å². The van der Waals surface area contributed by atoms with E-state index < -0.39 is 0 Å². The van der Waals surface area contributed by atoms with E-state index in [4.69, 9.17) is 0 Å². The second-order valence-corrected chi connectivity index (χ2v) is 14.2. The molecule has 0 unspecified atom stereocenters. The number of pyridine rings is 2. The van der Waals surface area contributed by atoms with Crippen LogP contribution >= 0.6 is 0 Å². The van der Waals surface area contributed by atoms with Crippen molar-refractivity contribution in [3.05, 3.63) is 207 Å². The molecular formula is C52H34N4. The first-order chi connectivity index (χ1) is 27.8. The third kappa shape index (κ3) is 5.15. The van der Waals surface area contributed by atoms with Crippen LogP contribution in [-0.2, 0) is 0 Å². The molecule has 4 heteroatoms. The summed E-state index contributed by atoms with van der Waals surface area (Å²) in [5.41, 5.74) is 9.00. The van der Waals surface area contributed by atoms with Gasteiger partial charge in [-0.1, -0.05) is 121 Å². The summed E-state index contributed by atoms with van der Waals surface area (Å²) in [5.74, 6) is 0. The smallest absolute Gasteiger partial charge is 0.0540 e. The van der Waals surface area contributed by atoms with Crippen LogP contribution in [0.5, 0.6) is 0 Å². The van der Waals surface area contributed by atoms with E-state index in [1.807, 2.05) is 24.8 Å². The summed E-state index contributed by atoms with van der Waals surface area (Å²) in [6, 6.07) is 66.0. The van der Waals surface area contributed by atoms with Crippen LogP contribution in [0.4, 0.5) is 34.1 Å². The lowest BCUT2D eigenvalue weighted by atomic mass is 9.87. The molecule has 0 fully saturated rings. The molecule has 0 amide bonds. The maximum atomic E-state index is 4.31. The van der Waals surface area contributed by atoms with Crippen LogP contribution < -0.4 is 9.80 Å². The molecule has 0 aliphatic rings. The molecular weight excluding hydrogens is 681 g/mol. The summed E-state index contributed by atoms with van der Waals surface area (Å²) < 4.78 is 0. The quantitative estimate of drug-likeness (QED) is 0.154. The van der Waals surface area contributed by atoms with Crippen molar-refractivity contribution in [2.75, 3.05) is 9.80 Å². The van der Waals surface area contributed by atoms with E-state index in [-0.39, 0.29) is 0 Å². The Morgan fingerprint density at radius 2 is 0.768 bits per heavy atom. The van der Waals surface area contributed by atoms with E-state index in [1.165, 1.54) is 65.0 Å². The van der Waals surface area contributed by atoms with Gasteiger partial charge in [-0.15, -0.1) is 0 Å². The first-order valence-corrected chi connectivity index (χ1v) is 19.0. The first kappa shape index (κ1) is 31.9. The Kier molecular flexibility index (Phi) is 7.46. The average Bonchev–Trinajstić information content (AvgIpc) is 3.27. The van der Waals surface area contributed by atoms with Crippen LogP contribution in [0.15, 0.2) is 207 Å². The van der Waals surface area contributed by atoms with Crippen molar-refractivity contribution in [3.8, 4) is 11.1 Å². The summed E-state index contributed by atoms with van der Waals surface area (Å²) in [4.78, 5) is 13.3. The van der Waals surface area contributed by atoms with Crippen LogP contribution in [-0.4, -0.2) is 9.97 Å². The standard InChI is InChI=1S/C52H34N4/c1-2-10-39(11-3-1)56(42-19-14-35-8-4-5-9-38(35)34-42)50-24-18-37-16-21-47-45(20-15-36-17-22-48(50)52(37)51(36)47)44-23-25-49(46-13-7-6-12-43(44)46)55(40-26-30-53-31-27-40)41-28-32-54-33-29-41/h1-34H. The third-order valence-corrected chi connectivity index (χ3v) is 11.2. The monoisotopic (exact) mass is 714 g/mol. The normalized spacial score (nSPS) is 11.6. The molecule has 0 aliphatic carbocycles. The number of anilines is 6. The minimum absolute atomic E-state index is 1.04. The summed E-state index contributed by atoms with van der Waals surface area (Å²) in [6.45, 7) is 0. The van der Waals surface area contributed by atoms with Crippen LogP contribution in [0.3, 0.4) is 0 Å². The molecule has 11 rings (SSSR count). The van der Waals surface area contributed by atoms with Gasteiger partial charge in [0.05, 0.1) is 11.4 Å². The topological polar surface area (TPSA) is 32.3 Å².